The van der Waals surface area contributed by atoms with E-state index in [1.165, 1.54) is 5.56 Å². The number of rotatable bonds is 7. The largest absolute Gasteiger partial charge is 0.457 e. The highest BCUT2D eigenvalue weighted by Gasteiger charge is 2.36. The molecule has 176 valence electrons. The zero-order valence-corrected chi connectivity index (χ0v) is 20.1. The molecule has 1 unspecified atom stereocenters. The van der Waals surface area contributed by atoms with Crippen molar-refractivity contribution in [3.05, 3.63) is 82.7 Å². The van der Waals surface area contributed by atoms with Gasteiger partial charge in [0.15, 0.2) is 6.61 Å². The van der Waals surface area contributed by atoms with Crippen molar-refractivity contribution in [1.29, 1.82) is 0 Å². The van der Waals surface area contributed by atoms with Crippen molar-refractivity contribution in [2.45, 2.75) is 40.5 Å². The maximum Gasteiger partial charge on any atom is 0.311 e. The van der Waals surface area contributed by atoms with Crippen LogP contribution in [-0.2, 0) is 20.7 Å². The molecule has 6 nitrogen and oxygen atoms in total. The monoisotopic (exact) mass is 458 g/mol. The maximum absolute atomic E-state index is 12.9. The minimum absolute atomic E-state index is 0.0878. The van der Waals surface area contributed by atoms with E-state index in [0.29, 0.717) is 5.56 Å². The molecule has 1 fully saturated rings. The van der Waals surface area contributed by atoms with Crippen LogP contribution in [0.15, 0.2) is 54.6 Å². The summed E-state index contributed by atoms with van der Waals surface area (Å²) in [5, 5.41) is 0. The summed E-state index contributed by atoms with van der Waals surface area (Å²) in [6, 6.07) is 17.7. The molecule has 0 aliphatic carbocycles. The molecular weight excluding hydrogens is 428 g/mol. The Morgan fingerprint density at radius 2 is 1.62 bits per heavy atom. The number of benzene rings is 2. The fraction of sp³-hybridized carbons (Fsp3) is 0.321. The minimum Gasteiger partial charge on any atom is -0.457 e. The van der Waals surface area contributed by atoms with Crippen LogP contribution in [0.25, 0.3) is 5.69 Å². The highest BCUT2D eigenvalue weighted by Crippen LogP contribution is 2.27. The first kappa shape index (κ1) is 23.5. The molecular formula is C28H30N2O4. The van der Waals surface area contributed by atoms with Crippen LogP contribution in [0.1, 0.15) is 46.2 Å². The molecule has 34 heavy (non-hydrogen) atoms. The van der Waals surface area contributed by atoms with Gasteiger partial charge in [-0.1, -0.05) is 36.8 Å². The van der Waals surface area contributed by atoms with Gasteiger partial charge in [-0.05, 0) is 63.1 Å². The van der Waals surface area contributed by atoms with Gasteiger partial charge in [0.05, 0.1) is 5.92 Å². The number of ketones is 1. The van der Waals surface area contributed by atoms with Crippen molar-refractivity contribution in [2.24, 2.45) is 5.92 Å². The van der Waals surface area contributed by atoms with E-state index in [-0.39, 0.29) is 31.3 Å². The van der Waals surface area contributed by atoms with Crippen LogP contribution in [0, 0.1) is 26.7 Å². The Bertz CT molecular complexity index is 1220. The number of hydrogen-bond acceptors (Lipinski definition) is 4. The Morgan fingerprint density at radius 3 is 2.26 bits per heavy atom. The number of nitrogens with zero attached hydrogens (tertiary/aromatic N) is 2. The number of aromatic nitrogens is 1. The second kappa shape index (κ2) is 9.67. The predicted octanol–water partition coefficient (Wildman–Crippen LogP) is 4.74. The van der Waals surface area contributed by atoms with Crippen LogP contribution >= 0.6 is 0 Å². The molecule has 1 amide bonds. The molecule has 2 aromatic carbocycles. The Balaban J connectivity index is 1.39. The maximum atomic E-state index is 12.9. The summed E-state index contributed by atoms with van der Waals surface area (Å²) in [6.45, 7) is 7.86. The quantitative estimate of drug-likeness (QED) is 0.379. The summed E-state index contributed by atoms with van der Waals surface area (Å²) < 4.78 is 7.38. The summed E-state index contributed by atoms with van der Waals surface area (Å²) in [6.07, 6.45) is 1.01. The summed E-state index contributed by atoms with van der Waals surface area (Å²) in [5.41, 5.74) is 6.38. The molecule has 6 heteroatoms. The second-order valence-corrected chi connectivity index (χ2v) is 8.91. The van der Waals surface area contributed by atoms with Gasteiger partial charge in [0.25, 0.3) is 0 Å². The summed E-state index contributed by atoms with van der Waals surface area (Å²) in [7, 11) is 0. The highest BCUT2D eigenvalue weighted by atomic mass is 16.5. The van der Waals surface area contributed by atoms with Gasteiger partial charge in [0.2, 0.25) is 11.7 Å². The molecule has 0 bridgehead atoms. The lowest BCUT2D eigenvalue weighted by Crippen LogP contribution is -2.27. The molecule has 1 saturated heterocycles. The standard InChI is InChI=1S/C28H30N2O4/c1-5-21-8-12-23(13-9-21)29-16-22(15-27(29)32)28(33)34-17-26(31)25-14-19(3)30(20(25)4)24-10-6-18(2)7-11-24/h6-14,22H,5,15-17H2,1-4H3. The third kappa shape index (κ3) is 4.67. The molecule has 1 aliphatic rings. The molecule has 4 rings (SSSR count). The second-order valence-electron chi connectivity index (χ2n) is 8.91. The van der Waals surface area contributed by atoms with E-state index in [1.807, 2.05) is 79.9 Å². The van der Waals surface area contributed by atoms with Crippen molar-refractivity contribution in [3.63, 3.8) is 0 Å². The molecule has 0 saturated carbocycles. The Labute approximate surface area is 200 Å². The van der Waals surface area contributed by atoms with Gasteiger partial charge in [-0.2, -0.15) is 0 Å². The van der Waals surface area contributed by atoms with Crippen LogP contribution < -0.4 is 4.90 Å². The van der Waals surface area contributed by atoms with E-state index in [9.17, 15) is 14.4 Å². The number of Topliss-reactive ketones (excluding diaryl/α,β-unsaturated/α-hetero) is 1. The van der Waals surface area contributed by atoms with Crippen LogP contribution in [0.5, 0.6) is 0 Å². The molecule has 0 spiro atoms. The van der Waals surface area contributed by atoms with E-state index in [2.05, 4.69) is 6.92 Å². The molecule has 0 radical (unpaired) electrons. The fourth-order valence-corrected chi connectivity index (χ4v) is 4.50. The van der Waals surface area contributed by atoms with Crippen LogP contribution in [0.2, 0.25) is 0 Å². The highest BCUT2D eigenvalue weighted by molar-refractivity contribution is 6.01. The third-order valence-corrected chi connectivity index (χ3v) is 6.48. The number of amides is 1. The van der Waals surface area contributed by atoms with Gasteiger partial charge in [-0.25, -0.2) is 0 Å². The van der Waals surface area contributed by atoms with Gasteiger partial charge in [0, 0.05) is 41.3 Å². The van der Waals surface area contributed by atoms with Crippen molar-refractivity contribution in [2.75, 3.05) is 18.1 Å². The van der Waals surface area contributed by atoms with Gasteiger partial charge in [-0.15, -0.1) is 0 Å². The van der Waals surface area contributed by atoms with Gasteiger partial charge < -0.3 is 14.2 Å². The number of anilines is 1. The summed E-state index contributed by atoms with van der Waals surface area (Å²) >= 11 is 0. The normalized spacial score (nSPS) is 15.6. The van der Waals surface area contributed by atoms with E-state index >= 15 is 0 Å². The van der Waals surface area contributed by atoms with E-state index < -0.39 is 11.9 Å². The smallest absolute Gasteiger partial charge is 0.311 e. The SMILES string of the molecule is CCc1ccc(N2CC(C(=O)OCC(=O)c3cc(C)n(-c4ccc(C)cc4)c3C)CC2=O)cc1. The molecule has 2 heterocycles. The van der Waals surface area contributed by atoms with Gasteiger partial charge >= 0.3 is 5.97 Å². The van der Waals surface area contributed by atoms with Crippen molar-refractivity contribution < 1.29 is 19.1 Å². The Morgan fingerprint density at radius 1 is 0.971 bits per heavy atom. The topological polar surface area (TPSA) is 68.6 Å². The summed E-state index contributed by atoms with van der Waals surface area (Å²) in [5.74, 6) is -1.46. The lowest BCUT2D eigenvalue weighted by atomic mass is 10.1. The first-order chi connectivity index (χ1) is 16.3. The number of esters is 1. The number of ether oxygens (including phenoxy) is 1. The van der Waals surface area contributed by atoms with Crippen LogP contribution in [0.3, 0.4) is 0 Å². The minimum atomic E-state index is -0.578. The lowest BCUT2D eigenvalue weighted by Gasteiger charge is -2.17. The fourth-order valence-electron chi connectivity index (χ4n) is 4.50. The molecule has 1 aromatic heterocycles. The van der Waals surface area contributed by atoms with E-state index in [1.54, 1.807) is 4.90 Å². The number of aryl methyl sites for hydroxylation is 3. The molecule has 0 N–H and O–H groups in total. The number of carbonyl (C=O) groups is 3. The van der Waals surface area contributed by atoms with Gasteiger partial charge in [-0.3, -0.25) is 14.4 Å². The van der Waals surface area contributed by atoms with E-state index in [0.717, 1.165) is 34.7 Å². The van der Waals surface area contributed by atoms with Crippen molar-refractivity contribution >= 4 is 23.3 Å². The third-order valence-electron chi connectivity index (χ3n) is 6.48. The zero-order valence-electron chi connectivity index (χ0n) is 20.1. The molecule has 3 aromatic rings. The van der Waals surface area contributed by atoms with Crippen molar-refractivity contribution in [1.82, 2.24) is 4.57 Å². The number of hydrogen-bond donors (Lipinski definition) is 0. The number of carbonyl (C=O) groups excluding carboxylic acids is 3. The molecule has 1 aliphatic heterocycles. The Kier molecular flexibility index (Phi) is 6.68. The Hall–Kier alpha value is -3.67. The van der Waals surface area contributed by atoms with Crippen LogP contribution in [-0.4, -0.2) is 35.4 Å². The first-order valence-electron chi connectivity index (χ1n) is 11.6. The average molecular weight is 459 g/mol. The van der Waals surface area contributed by atoms with E-state index in [4.69, 9.17) is 4.74 Å². The lowest BCUT2D eigenvalue weighted by molar-refractivity contribution is -0.147. The van der Waals surface area contributed by atoms with Crippen molar-refractivity contribution in [3.8, 4) is 5.69 Å². The first-order valence-corrected chi connectivity index (χ1v) is 11.6. The van der Waals surface area contributed by atoms with Gasteiger partial charge in [0.1, 0.15) is 0 Å². The predicted molar refractivity (Wildman–Crippen MR) is 132 cm³/mol. The zero-order chi connectivity index (χ0) is 24.4. The van der Waals surface area contributed by atoms with Crippen LogP contribution in [0.4, 0.5) is 5.69 Å². The average Bonchev–Trinajstić information content (AvgIpc) is 3.37. The summed E-state index contributed by atoms with van der Waals surface area (Å²) in [4.78, 5) is 39.6. The molecule has 1 atom stereocenters.